The van der Waals surface area contributed by atoms with Gasteiger partial charge in [-0.15, -0.1) is 11.3 Å². The summed E-state index contributed by atoms with van der Waals surface area (Å²) in [5.41, 5.74) is 0. The summed E-state index contributed by atoms with van der Waals surface area (Å²) in [4.78, 5) is 9.39. The summed E-state index contributed by atoms with van der Waals surface area (Å²) in [7, 11) is 0. The fraction of sp³-hybridized carbons (Fsp3) is 0.727. The van der Waals surface area contributed by atoms with Gasteiger partial charge in [0.05, 0.1) is 0 Å². The van der Waals surface area contributed by atoms with Crippen molar-refractivity contribution in [2.75, 3.05) is 37.6 Å². The highest BCUT2D eigenvalue weighted by atomic mass is 32.1. The summed E-state index contributed by atoms with van der Waals surface area (Å²) in [5, 5.41) is 3.26. The van der Waals surface area contributed by atoms with Crippen LogP contribution in [0.5, 0.6) is 0 Å². The average Bonchev–Trinajstić information content (AvgIpc) is 2.92. The zero-order chi connectivity index (χ0) is 10.1. The monoisotopic (exact) mass is 223 g/mol. The molecule has 4 heteroatoms. The van der Waals surface area contributed by atoms with Crippen LogP contribution in [0.2, 0.25) is 0 Å². The second-order valence-corrected chi connectivity index (χ2v) is 5.42. The Balaban J connectivity index is 1.51. The number of piperazine rings is 1. The molecule has 0 radical (unpaired) electrons. The summed E-state index contributed by atoms with van der Waals surface area (Å²) >= 11 is 1.75. The molecule has 0 N–H and O–H groups in total. The van der Waals surface area contributed by atoms with E-state index in [1.54, 1.807) is 11.3 Å². The van der Waals surface area contributed by atoms with Gasteiger partial charge in [0, 0.05) is 44.3 Å². The molecule has 1 aromatic heterocycles. The van der Waals surface area contributed by atoms with Gasteiger partial charge in [-0.3, -0.25) is 4.90 Å². The van der Waals surface area contributed by atoms with Crippen molar-refractivity contribution in [1.82, 2.24) is 9.88 Å². The predicted octanol–water partition coefficient (Wildman–Crippen LogP) is 1.68. The van der Waals surface area contributed by atoms with E-state index in [9.17, 15) is 0 Å². The molecule has 1 aromatic rings. The highest BCUT2D eigenvalue weighted by Crippen LogP contribution is 2.30. The second-order valence-electron chi connectivity index (χ2n) is 4.55. The molecule has 1 aliphatic heterocycles. The lowest BCUT2D eigenvalue weighted by atomic mass is 10.3. The Morgan fingerprint density at radius 1 is 1.27 bits per heavy atom. The lowest BCUT2D eigenvalue weighted by molar-refractivity contribution is 0.248. The minimum atomic E-state index is 1.02. The Bertz CT molecular complexity index is 300. The smallest absolute Gasteiger partial charge is 0.185 e. The number of nitrogens with zero attached hydrogens (tertiary/aromatic N) is 3. The molecule has 1 saturated carbocycles. The zero-order valence-corrected chi connectivity index (χ0v) is 9.75. The lowest BCUT2D eigenvalue weighted by Gasteiger charge is -2.34. The van der Waals surface area contributed by atoms with Crippen molar-refractivity contribution in [3.05, 3.63) is 11.6 Å². The Morgan fingerprint density at radius 3 is 2.67 bits per heavy atom. The predicted molar refractivity (Wildman–Crippen MR) is 63.5 cm³/mol. The Kier molecular flexibility index (Phi) is 2.63. The highest BCUT2D eigenvalue weighted by Gasteiger charge is 2.26. The normalized spacial score (nSPS) is 23.3. The van der Waals surface area contributed by atoms with Gasteiger partial charge in [0.25, 0.3) is 0 Å². The van der Waals surface area contributed by atoms with E-state index < -0.39 is 0 Å². The van der Waals surface area contributed by atoms with Crippen LogP contribution in [0.3, 0.4) is 0 Å². The van der Waals surface area contributed by atoms with Gasteiger partial charge >= 0.3 is 0 Å². The van der Waals surface area contributed by atoms with Crippen LogP contribution in [0, 0.1) is 5.92 Å². The molecule has 0 aromatic carbocycles. The van der Waals surface area contributed by atoms with Crippen molar-refractivity contribution in [3.8, 4) is 0 Å². The summed E-state index contributed by atoms with van der Waals surface area (Å²) in [6.45, 7) is 6.08. The van der Waals surface area contributed by atoms with Crippen LogP contribution in [-0.4, -0.2) is 42.6 Å². The molecule has 15 heavy (non-hydrogen) atoms. The van der Waals surface area contributed by atoms with E-state index in [1.807, 2.05) is 6.20 Å². The van der Waals surface area contributed by atoms with Crippen LogP contribution in [0.4, 0.5) is 5.13 Å². The van der Waals surface area contributed by atoms with Gasteiger partial charge in [0.1, 0.15) is 0 Å². The third-order valence-electron chi connectivity index (χ3n) is 3.28. The van der Waals surface area contributed by atoms with Gasteiger partial charge < -0.3 is 4.90 Å². The average molecular weight is 223 g/mol. The molecule has 3 nitrogen and oxygen atoms in total. The minimum absolute atomic E-state index is 1.02. The summed E-state index contributed by atoms with van der Waals surface area (Å²) in [5.74, 6) is 1.02. The van der Waals surface area contributed by atoms with E-state index in [2.05, 4.69) is 20.2 Å². The molecule has 3 rings (SSSR count). The van der Waals surface area contributed by atoms with Crippen molar-refractivity contribution in [2.24, 2.45) is 5.92 Å². The summed E-state index contributed by atoms with van der Waals surface area (Å²) in [6, 6.07) is 0. The van der Waals surface area contributed by atoms with E-state index in [0.717, 1.165) is 19.0 Å². The number of aromatic nitrogens is 1. The number of anilines is 1. The van der Waals surface area contributed by atoms with Crippen molar-refractivity contribution >= 4 is 16.5 Å². The Morgan fingerprint density at radius 2 is 2.07 bits per heavy atom. The van der Waals surface area contributed by atoms with Crippen molar-refractivity contribution in [2.45, 2.75) is 12.8 Å². The number of hydrogen-bond donors (Lipinski definition) is 0. The van der Waals surface area contributed by atoms with E-state index in [1.165, 1.54) is 37.6 Å². The van der Waals surface area contributed by atoms with Crippen LogP contribution < -0.4 is 4.90 Å². The SMILES string of the molecule is c1csc(N2CCN(CC3CC3)CC2)n1. The standard InChI is InChI=1S/C11H17N3S/c1-2-10(1)9-13-4-6-14(7-5-13)11-12-3-8-15-11/h3,8,10H,1-2,4-7,9H2. The largest absolute Gasteiger partial charge is 0.346 e. The maximum atomic E-state index is 4.36. The van der Waals surface area contributed by atoms with Crippen LogP contribution in [-0.2, 0) is 0 Å². The first-order chi connectivity index (χ1) is 7.42. The van der Waals surface area contributed by atoms with Crippen molar-refractivity contribution < 1.29 is 0 Å². The zero-order valence-electron chi connectivity index (χ0n) is 8.93. The molecule has 1 saturated heterocycles. The van der Waals surface area contributed by atoms with Gasteiger partial charge in [-0.05, 0) is 18.8 Å². The maximum absolute atomic E-state index is 4.36. The van der Waals surface area contributed by atoms with Gasteiger partial charge in [0.15, 0.2) is 5.13 Å². The fourth-order valence-corrected chi connectivity index (χ4v) is 2.86. The topological polar surface area (TPSA) is 19.4 Å². The summed E-state index contributed by atoms with van der Waals surface area (Å²) < 4.78 is 0. The molecular weight excluding hydrogens is 206 g/mol. The molecular formula is C11H17N3S. The Labute approximate surface area is 94.7 Å². The van der Waals surface area contributed by atoms with Gasteiger partial charge in [-0.25, -0.2) is 4.98 Å². The highest BCUT2D eigenvalue weighted by molar-refractivity contribution is 7.13. The minimum Gasteiger partial charge on any atom is -0.346 e. The van der Waals surface area contributed by atoms with Crippen LogP contribution in [0.1, 0.15) is 12.8 Å². The first kappa shape index (κ1) is 9.60. The van der Waals surface area contributed by atoms with Crippen LogP contribution >= 0.6 is 11.3 Å². The van der Waals surface area contributed by atoms with Crippen LogP contribution in [0.25, 0.3) is 0 Å². The lowest BCUT2D eigenvalue weighted by Crippen LogP contribution is -2.46. The molecule has 2 aliphatic rings. The quantitative estimate of drug-likeness (QED) is 0.777. The number of hydrogen-bond acceptors (Lipinski definition) is 4. The molecule has 0 spiro atoms. The van der Waals surface area contributed by atoms with E-state index in [0.29, 0.717) is 0 Å². The maximum Gasteiger partial charge on any atom is 0.185 e. The Hall–Kier alpha value is -0.610. The summed E-state index contributed by atoms with van der Waals surface area (Å²) in [6.07, 6.45) is 4.83. The van der Waals surface area contributed by atoms with Crippen LogP contribution in [0.15, 0.2) is 11.6 Å². The molecule has 0 atom stereocenters. The molecule has 82 valence electrons. The molecule has 0 amide bonds. The van der Waals surface area contributed by atoms with Gasteiger partial charge in [0.2, 0.25) is 0 Å². The molecule has 2 heterocycles. The number of thiazole rings is 1. The van der Waals surface area contributed by atoms with Crippen molar-refractivity contribution in [3.63, 3.8) is 0 Å². The van der Waals surface area contributed by atoms with Gasteiger partial charge in [-0.2, -0.15) is 0 Å². The first-order valence-corrected chi connectivity index (χ1v) is 6.66. The number of rotatable bonds is 3. The third kappa shape index (κ3) is 2.32. The molecule has 1 aliphatic carbocycles. The second kappa shape index (κ2) is 4.10. The molecule has 0 bridgehead atoms. The first-order valence-electron chi connectivity index (χ1n) is 5.78. The van der Waals surface area contributed by atoms with E-state index in [-0.39, 0.29) is 0 Å². The van der Waals surface area contributed by atoms with E-state index in [4.69, 9.17) is 0 Å². The van der Waals surface area contributed by atoms with E-state index >= 15 is 0 Å². The van der Waals surface area contributed by atoms with Gasteiger partial charge in [-0.1, -0.05) is 0 Å². The van der Waals surface area contributed by atoms with Crippen molar-refractivity contribution in [1.29, 1.82) is 0 Å². The third-order valence-corrected chi connectivity index (χ3v) is 4.11. The molecule has 2 fully saturated rings. The fourth-order valence-electron chi connectivity index (χ4n) is 2.16. The molecule has 0 unspecified atom stereocenters.